The van der Waals surface area contributed by atoms with Crippen LogP contribution in [0.2, 0.25) is 0 Å². The molecule has 1 aromatic rings. The van der Waals surface area contributed by atoms with Crippen molar-refractivity contribution in [1.82, 2.24) is 10.6 Å². The van der Waals surface area contributed by atoms with Crippen LogP contribution in [0.3, 0.4) is 0 Å². The lowest BCUT2D eigenvalue weighted by Gasteiger charge is -2.10. The largest absolute Gasteiger partial charge is 0.496 e. The summed E-state index contributed by atoms with van der Waals surface area (Å²) in [5.74, 6) is 0.963. The third-order valence-electron chi connectivity index (χ3n) is 2.66. The van der Waals surface area contributed by atoms with Crippen LogP contribution in [-0.2, 0) is 6.54 Å². The van der Waals surface area contributed by atoms with Gasteiger partial charge in [-0.1, -0.05) is 24.6 Å². The predicted octanol–water partition coefficient (Wildman–Crippen LogP) is 2.09. The Morgan fingerprint density at radius 1 is 1.12 bits per heavy atom. The molecule has 0 aromatic heterocycles. The summed E-state index contributed by atoms with van der Waals surface area (Å²) >= 11 is 0. The summed E-state index contributed by atoms with van der Waals surface area (Å²) in [4.78, 5) is 0. The maximum absolute atomic E-state index is 5.34. The van der Waals surface area contributed by atoms with Gasteiger partial charge in [0.05, 0.1) is 7.11 Å². The van der Waals surface area contributed by atoms with E-state index in [1.54, 1.807) is 7.11 Å². The van der Waals surface area contributed by atoms with E-state index in [4.69, 9.17) is 4.74 Å². The number of methoxy groups -OCH3 is 1. The van der Waals surface area contributed by atoms with Crippen molar-refractivity contribution in [1.29, 1.82) is 0 Å². The molecule has 1 aromatic carbocycles. The van der Waals surface area contributed by atoms with Crippen LogP contribution < -0.4 is 15.4 Å². The van der Waals surface area contributed by atoms with E-state index in [2.05, 4.69) is 36.6 Å². The zero-order chi connectivity index (χ0) is 12.5. The highest BCUT2D eigenvalue weighted by Gasteiger charge is 2.02. The maximum Gasteiger partial charge on any atom is 0.123 e. The molecule has 0 aliphatic heterocycles. The van der Waals surface area contributed by atoms with Gasteiger partial charge in [0, 0.05) is 25.2 Å². The Morgan fingerprint density at radius 3 is 2.59 bits per heavy atom. The first-order chi connectivity index (χ1) is 8.27. The predicted molar refractivity (Wildman–Crippen MR) is 72.6 cm³/mol. The van der Waals surface area contributed by atoms with E-state index in [1.165, 1.54) is 17.5 Å². The molecule has 0 atom stereocenters. The highest BCUT2D eigenvalue weighted by molar-refractivity contribution is 5.36. The highest BCUT2D eigenvalue weighted by atomic mass is 16.5. The molecule has 0 heterocycles. The Bertz CT molecular complexity index is 326. The van der Waals surface area contributed by atoms with Gasteiger partial charge in [0.25, 0.3) is 0 Å². The summed E-state index contributed by atoms with van der Waals surface area (Å²) in [7, 11) is 1.72. The van der Waals surface area contributed by atoms with Crippen molar-refractivity contribution in [3.05, 3.63) is 29.3 Å². The van der Waals surface area contributed by atoms with E-state index >= 15 is 0 Å². The van der Waals surface area contributed by atoms with Crippen LogP contribution in [0.1, 0.15) is 24.5 Å². The number of hydrogen-bond acceptors (Lipinski definition) is 3. The average molecular weight is 236 g/mol. The molecule has 96 valence electrons. The molecule has 0 aliphatic rings. The topological polar surface area (TPSA) is 33.3 Å². The zero-order valence-corrected chi connectivity index (χ0v) is 11.2. The van der Waals surface area contributed by atoms with Gasteiger partial charge in [0.2, 0.25) is 0 Å². The number of nitrogens with one attached hydrogen (secondary N) is 2. The van der Waals surface area contributed by atoms with E-state index in [0.717, 1.165) is 31.9 Å². The summed E-state index contributed by atoms with van der Waals surface area (Å²) in [6, 6.07) is 6.28. The van der Waals surface area contributed by atoms with Crippen molar-refractivity contribution >= 4 is 0 Å². The monoisotopic (exact) mass is 236 g/mol. The lowest BCUT2D eigenvalue weighted by molar-refractivity contribution is 0.407. The van der Waals surface area contributed by atoms with Gasteiger partial charge >= 0.3 is 0 Å². The van der Waals surface area contributed by atoms with E-state index in [-0.39, 0.29) is 0 Å². The van der Waals surface area contributed by atoms with Gasteiger partial charge in [-0.3, -0.25) is 0 Å². The number of hydrogen-bond donors (Lipinski definition) is 2. The Labute approximate surface area is 105 Å². The van der Waals surface area contributed by atoms with Crippen LogP contribution in [0.5, 0.6) is 5.75 Å². The average Bonchev–Trinajstić information content (AvgIpc) is 2.34. The number of aryl methyl sites for hydroxylation is 1. The van der Waals surface area contributed by atoms with Crippen molar-refractivity contribution < 1.29 is 4.74 Å². The lowest BCUT2D eigenvalue weighted by atomic mass is 10.1. The molecule has 0 bridgehead atoms. The fourth-order valence-electron chi connectivity index (χ4n) is 1.75. The first-order valence-electron chi connectivity index (χ1n) is 6.33. The summed E-state index contributed by atoms with van der Waals surface area (Å²) in [5.41, 5.74) is 2.50. The molecule has 0 fully saturated rings. The zero-order valence-electron chi connectivity index (χ0n) is 11.2. The Balaban J connectivity index is 2.32. The van der Waals surface area contributed by atoms with Crippen LogP contribution in [0.15, 0.2) is 18.2 Å². The standard InChI is InChI=1S/C14H24N2O/c1-4-7-15-8-9-16-11-13-10-12(2)5-6-14(13)17-3/h5-6,10,15-16H,4,7-9,11H2,1-3H3. The Kier molecular flexibility index (Phi) is 6.67. The normalized spacial score (nSPS) is 10.5. The minimum atomic E-state index is 0.860. The smallest absolute Gasteiger partial charge is 0.123 e. The van der Waals surface area contributed by atoms with Crippen LogP contribution >= 0.6 is 0 Å². The summed E-state index contributed by atoms with van der Waals surface area (Å²) in [5, 5.41) is 6.79. The second kappa shape index (κ2) is 8.09. The van der Waals surface area contributed by atoms with Gasteiger partial charge in [-0.05, 0) is 26.0 Å². The molecule has 17 heavy (non-hydrogen) atoms. The molecule has 1 rings (SSSR count). The van der Waals surface area contributed by atoms with Crippen molar-refractivity contribution in [2.75, 3.05) is 26.7 Å². The Hall–Kier alpha value is -1.06. The molecule has 0 saturated heterocycles. The Morgan fingerprint density at radius 2 is 1.88 bits per heavy atom. The van der Waals surface area contributed by atoms with E-state index in [9.17, 15) is 0 Å². The molecule has 2 N–H and O–H groups in total. The molecule has 0 unspecified atom stereocenters. The van der Waals surface area contributed by atoms with Crippen molar-refractivity contribution in [3.8, 4) is 5.75 Å². The third-order valence-corrected chi connectivity index (χ3v) is 2.66. The summed E-state index contributed by atoms with van der Waals surface area (Å²) in [6.07, 6.45) is 1.19. The molecular formula is C14H24N2O. The first kappa shape index (κ1) is 14.0. The van der Waals surface area contributed by atoms with E-state index in [1.807, 2.05) is 6.07 Å². The third kappa shape index (κ3) is 5.20. The van der Waals surface area contributed by atoms with Crippen LogP contribution in [-0.4, -0.2) is 26.7 Å². The second-order valence-corrected chi connectivity index (χ2v) is 4.24. The minimum Gasteiger partial charge on any atom is -0.496 e. The van der Waals surface area contributed by atoms with Gasteiger partial charge < -0.3 is 15.4 Å². The van der Waals surface area contributed by atoms with Crippen molar-refractivity contribution in [3.63, 3.8) is 0 Å². The quantitative estimate of drug-likeness (QED) is 0.678. The fourth-order valence-corrected chi connectivity index (χ4v) is 1.75. The number of ether oxygens (including phenoxy) is 1. The summed E-state index contributed by atoms with van der Waals surface area (Å²) < 4.78 is 5.34. The molecule has 0 amide bonds. The van der Waals surface area contributed by atoms with Gasteiger partial charge in [-0.25, -0.2) is 0 Å². The van der Waals surface area contributed by atoms with Gasteiger partial charge in [0.1, 0.15) is 5.75 Å². The second-order valence-electron chi connectivity index (χ2n) is 4.24. The van der Waals surface area contributed by atoms with Crippen molar-refractivity contribution in [2.24, 2.45) is 0 Å². The molecule has 0 spiro atoms. The van der Waals surface area contributed by atoms with Gasteiger partial charge in [-0.15, -0.1) is 0 Å². The molecule has 0 radical (unpaired) electrons. The SMILES string of the molecule is CCCNCCNCc1cc(C)ccc1OC. The fraction of sp³-hybridized carbons (Fsp3) is 0.571. The highest BCUT2D eigenvalue weighted by Crippen LogP contribution is 2.18. The molecule has 0 aliphatic carbocycles. The number of rotatable bonds is 8. The number of benzene rings is 1. The molecule has 3 heteroatoms. The van der Waals surface area contributed by atoms with Gasteiger partial charge in [-0.2, -0.15) is 0 Å². The minimum absolute atomic E-state index is 0.860. The van der Waals surface area contributed by atoms with E-state index in [0.29, 0.717) is 0 Å². The first-order valence-corrected chi connectivity index (χ1v) is 6.33. The summed E-state index contributed by atoms with van der Waals surface area (Å²) in [6.45, 7) is 8.23. The van der Waals surface area contributed by atoms with Gasteiger partial charge in [0.15, 0.2) is 0 Å². The van der Waals surface area contributed by atoms with Crippen LogP contribution in [0.25, 0.3) is 0 Å². The van der Waals surface area contributed by atoms with Crippen LogP contribution in [0.4, 0.5) is 0 Å². The lowest BCUT2D eigenvalue weighted by Crippen LogP contribution is -2.27. The molecule has 3 nitrogen and oxygen atoms in total. The van der Waals surface area contributed by atoms with E-state index < -0.39 is 0 Å². The maximum atomic E-state index is 5.34. The molecular weight excluding hydrogens is 212 g/mol. The van der Waals surface area contributed by atoms with Crippen molar-refractivity contribution in [2.45, 2.75) is 26.8 Å². The van der Waals surface area contributed by atoms with Crippen LogP contribution in [0, 0.1) is 6.92 Å². The molecule has 0 saturated carbocycles.